The summed E-state index contributed by atoms with van der Waals surface area (Å²) >= 11 is 0. The normalized spacial score (nSPS) is 13.3. The zero-order valence-corrected chi connectivity index (χ0v) is 14.0. The highest BCUT2D eigenvalue weighted by Crippen LogP contribution is 2.25. The second kappa shape index (κ2) is 7.28. The van der Waals surface area contributed by atoms with Gasteiger partial charge in [0.25, 0.3) is 0 Å². The fourth-order valence-electron chi connectivity index (χ4n) is 2.15. The maximum absolute atomic E-state index is 13.0. The van der Waals surface area contributed by atoms with Crippen LogP contribution in [-0.2, 0) is 14.9 Å². The van der Waals surface area contributed by atoms with Gasteiger partial charge < -0.3 is 4.74 Å². The predicted molar refractivity (Wildman–Crippen MR) is 87.2 cm³/mol. The average molecular weight is 370 g/mol. The van der Waals surface area contributed by atoms with Crippen LogP contribution < -0.4 is 0 Å². The SMILES string of the molecule is CC(c1ccccc1)c1ccc(C(=O)OCC(F)(F)S(=O)(=O)O)cc1. The minimum absolute atomic E-state index is 0.00449. The predicted octanol–water partition coefficient (Wildman–Crippen LogP) is 3.48. The molecule has 0 aromatic heterocycles. The number of esters is 1. The van der Waals surface area contributed by atoms with Gasteiger partial charge >= 0.3 is 21.3 Å². The topological polar surface area (TPSA) is 80.7 Å². The lowest BCUT2D eigenvalue weighted by atomic mass is 9.93. The smallest absolute Gasteiger partial charge is 0.402 e. The molecule has 1 atom stereocenters. The lowest BCUT2D eigenvalue weighted by molar-refractivity contribution is -0.00950. The van der Waals surface area contributed by atoms with Gasteiger partial charge in [-0.15, -0.1) is 0 Å². The summed E-state index contributed by atoms with van der Waals surface area (Å²) in [5, 5.41) is -4.55. The number of carbonyl (C=O) groups is 1. The van der Waals surface area contributed by atoms with Crippen molar-refractivity contribution in [1.82, 2.24) is 0 Å². The van der Waals surface area contributed by atoms with E-state index in [2.05, 4.69) is 4.74 Å². The molecule has 0 amide bonds. The number of ether oxygens (including phenoxy) is 1. The van der Waals surface area contributed by atoms with Gasteiger partial charge in [0.1, 0.15) is 0 Å². The number of hydrogen-bond donors (Lipinski definition) is 1. The third-order valence-electron chi connectivity index (χ3n) is 3.69. The van der Waals surface area contributed by atoms with Crippen LogP contribution in [0, 0.1) is 0 Å². The number of rotatable bonds is 6. The van der Waals surface area contributed by atoms with Crippen LogP contribution in [0.2, 0.25) is 0 Å². The maximum Gasteiger partial charge on any atom is 0.402 e. The van der Waals surface area contributed by atoms with Crippen molar-refractivity contribution in [1.29, 1.82) is 0 Å². The molecule has 2 rings (SSSR count). The van der Waals surface area contributed by atoms with Gasteiger partial charge in [0.15, 0.2) is 6.61 Å². The monoisotopic (exact) mass is 370 g/mol. The van der Waals surface area contributed by atoms with Gasteiger partial charge in [0.05, 0.1) is 5.56 Å². The van der Waals surface area contributed by atoms with Crippen molar-refractivity contribution in [3.8, 4) is 0 Å². The van der Waals surface area contributed by atoms with Crippen LogP contribution in [0.3, 0.4) is 0 Å². The Kier molecular flexibility index (Phi) is 5.54. The molecule has 1 N–H and O–H groups in total. The number of benzene rings is 2. The third kappa shape index (κ3) is 4.61. The van der Waals surface area contributed by atoms with Crippen LogP contribution in [0.1, 0.15) is 34.3 Å². The molecule has 0 radical (unpaired) electrons. The Morgan fingerprint density at radius 3 is 2.12 bits per heavy atom. The van der Waals surface area contributed by atoms with Crippen LogP contribution in [0.4, 0.5) is 8.78 Å². The van der Waals surface area contributed by atoms with E-state index in [1.165, 1.54) is 12.1 Å². The van der Waals surface area contributed by atoms with Crippen LogP contribution in [0.25, 0.3) is 0 Å². The molecule has 0 heterocycles. The lowest BCUT2D eigenvalue weighted by Gasteiger charge is -2.14. The van der Waals surface area contributed by atoms with Crippen molar-refractivity contribution < 1.29 is 31.3 Å². The van der Waals surface area contributed by atoms with E-state index >= 15 is 0 Å². The van der Waals surface area contributed by atoms with E-state index in [9.17, 15) is 22.0 Å². The minimum Gasteiger partial charge on any atom is -0.454 e. The molecule has 1 unspecified atom stereocenters. The van der Waals surface area contributed by atoms with Crippen molar-refractivity contribution >= 4 is 16.1 Å². The number of halogens is 2. The van der Waals surface area contributed by atoms with E-state index in [1.54, 1.807) is 12.1 Å². The first-order chi connectivity index (χ1) is 11.6. The highest BCUT2D eigenvalue weighted by atomic mass is 32.2. The Morgan fingerprint density at radius 1 is 1.08 bits per heavy atom. The fraction of sp³-hybridized carbons (Fsp3) is 0.235. The van der Waals surface area contributed by atoms with E-state index in [0.29, 0.717) is 0 Å². The highest BCUT2D eigenvalue weighted by Gasteiger charge is 2.45. The van der Waals surface area contributed by atoms with E-state index in [-0.39, 0.29) is 11.5 Å². The summed E-state index contributed by atoms with van der Waals surface area (Å²) in [5.41, 5.74) is 1.98. The van der Waals surface area contributed by atoms with E-state index in [4.69, 9.17) is 4.55 Å². The lowest BCUT2D eigenvalue weighted by Crippen LogP contribution is -2.34. The van der Waals surface area contributed by atoms with Crippen molar-refractivity contribution in [2.45, 2.75) is 18.1 Å². The summed E-state index contributed by atoms with van der Waals surface area (Å²) in [6.45, 7) is 0.224. The minimum atomic E-state index is -5.64. The molecule has 0 spiro atoms. The van der Waals surface area contributed by atoms with Gasteiger partial charge in [-0.05, 0) is 23.3 Å². The Hall–Kier alpha value is -2.32. The fourth-order valence-corrected chi connectivity index (χ4v) is 2.36. The first-order valence-electron chi connectivity index (χ1n) is 7.29. The number of carbonyl (C=O) groups excluding carboxylic acids is 1. The van der Waals surface area contributed by atoms with Gasteiger partial charge in [0.2, 0.25) is 0 Å². The molecule has 0 fully saturated rings. The van der Waals surface area contributed by atoms with Crippen LogP contribution in [0.5, 0.6) is 0 Å². The van der Waals surface area contributed by atoms with Crippen LogP contribution in [0.15, 0.2) is 54.6 Å². The van der Waals surface area contributed by atoms with Crippen molar-refractivity contribution in [2.75, 3.05) is 6.61 Å². The molecule has 134 valence electrons. The van der Waals surface area contributed by atoms with Crippen LogP contribution in [-0.4, -0.2) is 30.8 Å². The van der Waals surface area contributed by atoms with Gasteiger partial charge in [-0.2, -0.15) is 17.2 Å². The van der Waals surface area contributed by atoms with Gasteiger partial charge in [-0.25, -0.2) is 4.79 Å². The molecule has 0 aliphatic heterocycles. The molecule has 8 heteroatoms. The third-order valence-corrected chi connectivity index (χ3v) is 4.57. The quantitative estimate of drug-likeness (QED) is 0.622. The molecule has 0 bridgehead atoms. The van der Waals surface area contributed by atoms with Crippen molar-refractivity contribution in [3.05, 3.63) is 71.3 Å². The average Bonchev–Trinajstić information content (AvgIpc) is 2.59. The molecule has 25 heavy (non-hydrogen) atoms. The molecule has 0 aliphatic carbocycles. The largest absolute Gasteiger partial charge is 0.454 e. The summed E-state index contributed by atoms with van der Waals surface area (Å²) in [7, 11) is -5.64. The van der Waals surface area contributed by atoms with E-state index < -0.39 is 27.9 Å². The Labute approximate surface area is 144 Å². The molecule has 0 saturated carbocycles. The number of alkyl halides is 2. The standard InChI is InChI=1S/C17H16F2O5S/c1-12(13-5-3-2-4-6-13)14-7-9-15(10-8-14)16(20)24-11-17(18,19)25(21,22)23/h2-10,12H,11H2,1H3,(H,21,22,23). The first kappa shape index (κ1) is 19.0. The molecular formula is C17H16F2O5S. The summed E-state index contributed by atoms with van der Waals surface area (Å²) in [5.74, 6) is -1.04. The Balaban J connectivity index is 2.06. The second-order valence-electron chi connectivity index (χ2n) is 5.44. The zero-order valence-electron chi connectivity index (χ0n) is 13.2. The summed E-state index contributed by atoms with van der Waals surface area (Å²) in [6, 6.07) is 15.8. The molecule has 5 nitrogen and oxygen atoms in total. The molecule has 0 saturated heterocycles. The van der Waals surface area contributed by atoms with Crippen molar-refractivity contribution in [2.24, 2.45) is 0 Å². The summed E-state index contributed by atoms with van der Waals surface area (Å²) < 4.78 is 59.7. The van der Waals surface area contributed by atoms with Crippen LogP contribution >= 0.6 is 0 Å². The highest BCUT2D eigenvalue weighted by molar-refractivity contribution is 7.86. The second-order valence-corrected chi connectivity index (χ2v) is 6.99. The molecule has 2 aromatic carbocycles. The van der Waals surface area contributed by atoms with Gasteiger partial charge in [0, 0.05) is 5.92 Å². The van der Waals surface area contributed by atoms with E-state index in [1.807, 2.05) is 37.3 Å². The molecular weight excluding hydrogens is 354 g/mol. The van der Waals surface area contributed by atoms with Gasteiger partial charge in [-0.3, -0.25) is 4.55 Å². The number of hydrogen-bond acceptors (Lipinski definition) is 4. The molecule has 2 aromatic rings. The van der Waals surface area contributed by atoms with Crippen molar-refractivity contribution in [3.63, 3.8) is 0 Å². The van der Waals surface area contributed by atoms with Gasteiger partial charge in [-0.1, -0.05) is 49.4 Å². The summed E-state index contributed by atoms with van der Waals surface area (Å²) in [4.78, 5) is 11.7. The Bertz CT molecular complexity index is 833. The Morgan fingerprint density at radius 2 is 1.60 bits per heavy atom. The summed E-state index contributed by atoms with van der Waals surface area (Å²) in [6.07, 6.45) is 0. The van der Waals surface area contributed by atoms with E-state index in [0.717, 1.165) is 11.1 Å². The zero-order chi connectivity index (χ0) is 18.7. The first-order valence-corrected chi connectivity index (χ1v) is 8.73. The maximum atomic E-state index is 13.0. The molecule has 0 aliphatic rings.